The number of halogens is 2. The van der Waals surface area contributed by atoms with E-state index in [1.54, 1.807) is 6.07 Å². The van der Waals surface area contributed by atoms with Crippen LogP contribution in [0.25, 0.3) is 0 Å². The van der Waals surface area contributed by atoms with Gasteiger partial charge in [0.2, 0.25) is 10.0 Å². The quantitative estimate of drug-likeness (QED) is 0.814. The van der Waals surface area contributed by atoms with E-state index in [1.807, 2.05) is 4.72 Å². The van der Waals surface area contributed by atoms with Crippen molar-refractivity contribution in [3.05, 3.63) is 47.8 Å². The minimum Gasteiger partial charge on any atom is -0.399 e. The highest BCUT2D eigenvalue weighted by atomic mass is 32.2. The summed E-state index contributed by atoms with van der Waals surface area (Å²) in [7, 11) is -4.36. The molecule has 0 radical (unpaired) electrons. The molecule has 0 aliphatic carbocycles. The Bertz CT molecular complexity index is 699. The van der Waals surface area contributed by atoms with Crippen LogP contribution in [-0.2, 0) is 16.6 Å². The summed E-state index contributed by atoms with van der Waals surface area (Å²) < 4.78 is 52.9. The van der Waals surface area contributed by atoms with E-state index >= 15 is 0 Å². The number of hydrogen-bond acceptors (Lipinski definition) is 5. The zero-order chi connectivity index (χ0) is 14.8. The molecule has 0 aliphatic heterocycles. The van der Waals surface area contributed by atoms with Crippen LogP contribution in [-0.4, -0.2) is 18.6 Å². The van der Waals surface area contributed by atoms with Crippen molar-refractivity contribution in [2.45, 2.75) is 11.4 Å². The Morgan fingerprint density at radius 1 is 1.25 bits per heavy atom. The maximum Gasteiger partial charge on any atom is 0.246 e. The van der Waals surface area contributed by atoms with Crippen molar-refractivity contribution in [2.75, 3.05) is 5.73 Å². The molecule has 2 rings (SSSR count). The molecule has 106 valence electrons. The van der Waals surface area contributed by atoms with Crippen LogP contribution in [0.1, 0.15) is 5.69 Å². The Morgan fingerprint density at radius 2 is 1.90 bits per heavy atom. The van der Waals surface area contributed by atoms with Crippen LogP contribution in [0, 0.1) is 11.6 Å². The van der Waals surface area contributed by atoms with Crippen molar-refractivity contribution >= 4 is 15.7 Å². The standard InChI is InChI=1S/C11H10F2N4O2S/c12-9-4-7(14)5-10(13)11(9)20(18,19)16-6-8-2-1-3-15-17-8/h1-5,16H,6,14H2. The number of nitrogens with two attached hydrogens (primary N) is 1. The van der Waals surface area contributed by atoms with Gasteiger partial charge in [0.1, 0.15) is 11.6 Å². The molecular formula is C11H10F2N4O2S. The monoisotopic (exact) mass is 300 g/mol. The third-order valence-corrected chi connectivity index (χ3v) is 3.81. The zero-order valence-electron chi connectivity index (χ0n) is 10.0. The highest BCUT2D eigenvalue weighted by molar-refractivity contribution is 7.89. The van der Waals surface area contributed by atoms with E-state index in [0.717, 1.165) is 12.1 Å². The molecule has 3 N–H and O–H groups in total. The molecule has 1 heterocycles. The van der Waals surface area contributed by atoms with E-state index in [0.29, 0.717) is 5.69 Å². The van der Waals surface area contributed by atoms with Crippen LogP contribution >= 0.6 is 0 Å². The lowest BCUT2D eigenvalue weighted by molar-refractivity contribution is 0.514. The van der Waals surface area contributed by atoms with Gasteiger partial charge in [0, 0.05) is 11.9 Å². The van der Waals surface area contributed by atoms with E-state index in [2.05, 4.69) is 10.2 Å². The van der Waals surface area contributed by atoms with Gasteiger partial charge in [0.05, 0.1) is 12.2 Å². The summed E-state index contributed by atoms with van der Waals surface area (Å²) >= 11 is 0. The van der Waals surface area contributed by atoms with Gasteiger partial charge in [-0.05, 0) is 24.3 Å². The van der Waals surface area contributed by atoms with Crippen LogP contribution < -0.4 is 10.5 Å². The number of nitrogen functional groups attached to an aromatic ring is 1. The molecule has 2 aromatic rings. The molecule has 6 nitrogen and oxygen atoms in total. The van der Waals surface area contributed by atoms with Crippen LogP contribution in [0.5, 0.6) is 0 Å². The maximum atomic E-state index is 13.6. The Balaban J connectivity index is 2.28. The SMILES string of the molecule is Nc1cc(F)c(S(=O)(=O)NCc2cccnn2)c(F)c1. The van der Waals surface area contributed by atoms with Gasteiger partial charge < -0.3 is 5.73 Å². The van der Waals surface area contributed by atoms with Crippen LogP contribution in [0.2, 0.25) is 0 Å². The fourth-order valence-corrected chi connectivity index (χ4v) is 2.62. The number of anilines is 1. The van der Waals surface area contributed by atoms with Gasteiger partial charge in [0.25, 0.3) is 0 Å². The number of hydrogen-bond donors (Lipinski definition) is 2. The molecule has 20 heavy (non-hydrogen) atoms. The molecule has 0 fully saturated rings. The number of benzene rings is 1. The summed E-state index contributed by atoms with van der Waals surface area (Å²) in [4.78, 5) is -1.07. The average Bonchev–Trinajstić information content (AvgIpc) is 2.36. The number of aromatic nitrogens is 2. The summed E-state index contributed by atoms with van der Waals surface area (Å²) in [5, 5.41) is 7.21. The minimum absolute atomic E-state index is 0.201. The van der Waals surface area contributed by atoms with Crippen LogP contribution in [0.3, 0.4) is 0 Å². The highest BCUT2D eigenvalue weighted by Crippen LogP contribution is 2.21. The zero-order valence-corrected chi connectivity index (χ0v) is 10.9. The molecule has 0 atom stereocenters. The third kappa shape index (κ3) is 3.06. The summed E-state index contributed by atoms with van der Waals surface area (Å²) in [6, 6.07) is 4.55. The summed E-state index contributed by atoms with van der Waals surface area (Å²) in [6.07, 6.45) is 1.41. The first-order chi connectivity index (χ1) is 9.40. The predicted molar refractivity (Wildman–Crippen MR) is 66.8 cm³/mol. The lowest BCUT2D eigenvalue weighted by Crippen LogP contribution is -2.26. The van der Waals surface area contributed by atoms with Gasteiger partial charge in [-0.2, -0.15) is 10.2 Å². The topological polar surface area (TPSA) is 98.0 Å². The summed E-state index contributed by atoms with van der Waals surface area (Å²) in [6.45, 7) is -0.237. The van der Waals surface area contributed by atoms with Gasteiger partial charge in [0.15, 0.2) is 4.90 Å². The first kappa shape index (κ1) is 14.3. The van der Waals surface area contributed by atoms with Gasteiger partial charge in [-0.15, -0.1) is 0 Å². The first-order valence-corrected chi connectivity index (χ1v) is 6.89. The van der Waals surface area contributed by atoms with Crippen molar-refractivity contribution < 1.29 is 17.2 Å². The van der Waals surface area contributed by atoms with Crippen molar-refractivity contribution in [3.63, 3.8) is 0 Å². The number of rotatable bonds is 4. The van der Waals surface area contributed by atoms with Crippen molar-refractivity contribution in [1.82, 2.24) is 14.9 Å². The number of nitrogens with zero attached hydrogens (tertiary/aromatic N) is 2. The van der Waals surface area contributed by atoms with E-state index in [1.165, 1.54) is 12.3 Å². The smallest absolute Gasteiger partial charge is 0.246 e. The van der Waals surface area contributed by atoms with Gasteiger partial charge in [-0.25, -0.2) is 21.9 Å². The van der Waals surface area contributed by atoms with E-state index in [-0.39, 0.29) is 12.2 Å². The predicted octanol–water partition coefficient (Wildman–Crippen LogP) is 0.816. The van der Waals surface area contributed by atoms with Crippen molar-refractivity contribution in [2.24, 2.45) is 0 Å². The Hall–Kier alpha value is -2.13. The number of nitrogens with one attached hydrogen (secondary N) is 1. The fourth-order valence-electron chi connectivity index (χ4n) is 1.51. The normalized spacial score (nSPS) is 11.5. The molecule has 0 amide bonds. The summed E-state index contributed by atoms with van der Waals surface area (Å²) in [5.41, 5.74) is 5.33. The molecule has 0 saturated carbocycles. The van der Waals surface area contributed by atoms with E-state index < -0.39 is 26.6 Å². The van der Waals surface area contributed by atoms with Gasteiger partial charge >= 0.3 is 0 Å². The van der Waals surface area contributed by atoms with E-state index in [9.17, 15) is 17.2 Å². The van der Waals surface area contributed by atoms with Crippen molar-refractivity contribution in [3.8, 4) is 0 Å². The third-order valence-electron chi connectivity index (χ3n) is 2.36. The molecule has 0 saturated heterocycles. The molecule has 1 aromatic carbocycles. The molecule has 0 aliphatic rings. The fraction of sp³-hybridized carbons (Fsp3) is 0.0909. The second kappa shape index (κ2) is 5.47. The Morgan fingerprint density at radius 3 is 2.45 bits per heavy atom. The van der Waals surface area contributed by atoms with Gasteiger partial charge in [-0.3, -0.25) is 0 Å². The van der Waals surface area contributed by atoms with E-state index in [4.69, 9.17) is 5.73 Å². The Labute approximate surface area is 113 Å². The number of sulfonamides is 1. The second-order valence-corrected chi connectivity index (χ2v) is 5.56. The summed E-state index contributed by atoms with van der Waals surface area (Å²) in [5.74, 6) is -2.51. The maximum absolute atomic E-state index is 13.6. The van der Waals surface area contributed by atoms with Gasteiger partial charge in [-0.1, -0.05) is 0 Å². The molecule has 0 unspecified atom stereocenters. The lowest BCUT2D eigenvalue weighted by Gasteiger charge is -2.08. The second-order valence-electron chi connectivity index (χ2n) is 3.85. The molecular weight excluding hydrogens is 290 g/mol. The van der Waals surface area contributed by atoms with Crippen LogP contribution in [0.15, 0.2) is 35.4 Å². The Kier molecular flexibility index (Phi) is 3.91. The highest BCUT2D eigenvalue weighted by Gasteiger charge is 2.24. The lowest BCUT2D eigenvalue weighted by atomic mass is 10.3. The molecule has 0 bridgehead atoms. The molecule has 1 aromatic heterocycles. The minimum atomic E-state index is -4.36. The first-order valence-electron chi connectivity index (χ1n) is 5.41. The largest absolute Gasteiger partial charge is 0.399 e. The average molecular weight is 300 g/mol. The van der Waals surface area contributed by atoms with Crippen LogP contribution in [0.4, 0.5) is 14.5 Å². The molecule has 0 spiro atoms. The molecule has 9 heteroatoms. The van der Waals surface area contributed by atoms with Crippen molar-refractivity contribution in [1.29, 1.82) is 0 Å².